The molecule has 0 aliphatic heterocycles. The zero-order chi connectivity index (χ0) is 16.7. The number of esters is 1. The van der Waals surface area contributed by atoms with Gasteiger partial charge in [-0.05, 0) is 42.8 Å². The van der Waals surface area contributed by atoms with Gasteiger partial charge in [-0.2, -0.15) is 0 Å². The summed E-state index contributed by atoms with van der Waals surface area (Å²) in [5, 5.41) is 2.69. The second kappa shape index (κ2) is 8.29. The standard InChI is InChI=1S/C18H16BrNO3/c1-13(18(22)20-16-10-8-15(19)9-11-16)23-17(21)12-7-14-5-3-2-4-6-14/h2-13H,1H3,(H,20,22)/b12-7+/t13-/m0/s1. The number of amides is 1. The lowest BCUT2D eigenvalue weighted by Crippen LogP contribution is -2.29. The van der Waals surface area contributed by atoms with Gasteiger partial charge in [-0.25, -0.2) is 4.79 Å². The summed E-state index contributed by atoms with van der Waals surface area (Å²) in [6.07, 6.45) is 2.06. The van der Waals surface area contributed by atoms with E-state index in [2.05, 4.69) is 21.2 Å². The molecule has 0 heterocycles. The molecule has 0 fully saturated rings. The zero-order valence-electron chi connectivity index (χ0n) is 12.5. The van der Waals surface area contributed by atoms with E-state index < -0.39 is 12.1 Å². The summed E-state index contributed by atoms with van der Waals surface area (Å²) < 4.78 is 6.00. The molecular weight excluding hydrogens is 358 g/mol. The third kappa shape index (κ3) is 5.71. The van der Waals surface area contributed by atoms with Crippen LogP contribution in [0.1, 0.15) is 12.5 Å². The summed E-state index contributed by atoms with van der Waals surface area (Å²) in [6.45, 7) is 1.53. The van der Waals surface area contributed by atoms with Gasteiger partial charge in [-0.3, -0.25) is 4.79 Å². The van der Waals surface area contributed by atoms with Crippen molar-refractivity contribution < 1.29 is 14.3 Å². The zero-order valence-corrected chi connectivity index (χ0v) is 14.1. The summed E-state index contributed by atoms with van der Waals surface area (Å²) in [5.74, 6) is -0.943. The number of hydrogen-bond acceptors (Lipinski definition) is 3. The molecule has 2 aromatic rings. The molecule has 118 valence electrons. The molecule has 4 nitrogen and oxygen atoms in total. The van der Waals surface area contributed by atoms with Crippen LogP contribution < -0.4 is 5.32 Å². The Kier molecular flexibility index (Phi) is 6.11. The SMILES string of the molecule is C[C@H](OC(=O)/C=C/c1ccccc1)C(=O)Nc1ccc(Br)cc1. The monoisotopic (exact) mass is 373 g/mol. The number of anilines is 1. The van der Waals surface area contributed by atoms with E-state index in [0.717, 1.165) is 10.0 Å². The number of benzene rings is 2. The van der Waals surface area contributed by atoms with E-state index >= 15 is 0 Å². The number of hydrogen-bond donors (Lipinski definition) is 1. The molecular formula is C18H16BrNO3. The molecule has 1 atom stereocenters. The maximum atomic E-state index is 12.0. The van der Waals surface area contributed by atoms with Crippen molar-refractivity contribution in [3.05, 3.63) is 70.7 Å². The Hall–Kier alpha value is -2.40. The fourth-order valence-corrected chi connectivity index (χ4v) is 2.04. The Bertz CT molecular complexity index is 696. The highest BCUT2D eigenvalue weighted by Crippen LogP contribution is 2.14. The first-order valence-electron chi connectivity index (χ1n) is 7.05. The van der Waals surface area contributed by atoms with Crippen LogP contribution in [0.4, 0.5) is 5.69 Å². The third-order valence-corrected chi connectivity index (χ3v) is 3.51. The predicted octanol–water partition coefficient (Wildman–Crippen LogP) is 4.03. The van der Waals surface area contributed by atoms with Crippen LogP contribution in [0.3, 0.4) is 0 Å². The molecule has 2 rings (SSSR count). The van der Waals surface area contributed by atoms with Crippen molar-refractivity contribution in [2.75, 3.05) is 5.32 Å². The van der Waals surface area contributed by atoms with Crippen molar-refractivity contribution in [2.24, 2.45) is 0 Å². The summed E-state index contributed by atoms with van der Waals surface area (Å²) >= 11 is 3.32. The van der Waals surface area contributed by atoms with Crippen LogP contribution in [-0.2, 0) is 14.3 Å². The maximum absolute atomic E-state index is 12.0. The van der Waals surface area contributed by atoms with E-state index in [1.807, 2.05) is 42.5 Å². The molecule has 23 heavy (non-hydrogen) atoms. The van der Waals surface area contributed by atoms with Crippen LogP contribution in [0, 0.1) is 0 Å². The van der Waals surface area contributed by atoms with E-state index in [-0.39, 0.29) is 5.91 Å². The van der Waals surface area contributed by atoms with Crippen molar-refractivity contribution in [1.82, 2.24) is 0 Å². The van der Waals surface area contributed by atoms with Gasteiger partial charge >= 0.3 is 5.97 Å². The predicted molar refractivity (Wildman–Crippen MR) is 93.8 cm³/mol. The molecule has 0 radical (unpaired) electrons. The van der Waals surface area contributed by atoms with Crippen LogP contribution in [0.15, 0.2) is 65.1 Å². The summed E-state index contributed by atoms with van der Waals surface area (Å²) in [4.78, 5) is 23.7. The Labute approximate surface area is 143 Å². The first-order chi connectivity index (χ1) is 11.0. The largest absolute Gasteiger partial charge is 0.449 e. The highest BCUT2D eigenvalue weighted by molar-refractivity contribution is 9.10. The highest BCUT2D eigenvalue weighted by Gasteiger charge is 2.16. The molecule has 0 bridgehead atoms. The van der Waals surface area contributed by atoms with Gasteiger partial charge in [0.15, 0.2) is 6.10 Å². The Morgan fingerprint density at radius 2 is 1.74 bits per heavy atom. The second-order valence-electron chi connectivity index (χ2n) is 4.82. The number of rotatable bonds is 5. The van der Waals surface area contributed by atoms with Gasteiger partial charge in [0, 0.05) is 16.2 Å². The second-order valence-corrected chi connectivity index (χ2v) is 5.73. The average molecular weight is 374 g/mol. The number of carbonyl (C=O) groups excluding carboxylic acids is 2. The fraction of sp³-hybridized carbons (Fsp3) is 0.111. The molecule has 0 aromatic heterocycles. The van der Waals surface area contributed by atoms with E-state index in [1.54, 1.807) is 18.2 Å². The Balaban J connectivity index is 1.86. The van der Waals surface area contributed by atoms with Gasteiger partial charge in [0.05, 0.1) is 0 Å². The number of halogens is 1. The number of ether oxygens (including phenoxy) is 1. The summed E-state index contributed by atoms with van der Waals surface area (Å²) in [5.41, 5.74) is 1.53. The third-order valence-electron chi connectivity index (χ3n) is 2.99. The fourth-order valence-electron chi connectivity index (χ4n) is 1.77. The first-order valence-corrected chi connectivity index (χ1v) is 7.84. The topological polar surface area (TPSA) is 55.4 Å². The maximum Gasteiger partial charge on any atom is 0.331 e. The lowest BCUT2D eigenvalue weighted by Gasteiger charge is -2.12. The summed E-state index contributed by atoms with van der Waals surface area (Å²) in [7, 11) is 0. The number of carbonyl (C=O) groups is 2. The minimum absolute atomic E-state index is 0.381. The normalized spacial score (nSPS) is 11.9. The van der Waals surface area contributed by atoms with Gasteiger partial charge in [0.25, 0.3) is 5.91 Å². The van der Waals surface area contributed by atoms with Crippen LogP contribution in [0.2, 0.25) is 0 Å². The smallest absolute Gasteiger partial charge is 0.331 e. The molecule has 0 aliphatic carbocycles. The van der Waals surface area contributed by atoms with Gasteiger partial charge in [-0.1, -0.05) is 46.3 Å². The first kappa shape index (κ1) is 17.0. The lowest BCUT2D eigenvalue weighted by molar-refractivity contribution is -0.148. The van der Waals surface area contributed by atoms with Crippen LogP contribution in [0.25, 0.3) is 6.08 Å². The average Bonchev–Trinajstić information content (AvgIpc) is 2.56. The Morgan fingerprint density at radius 3 is 2.39 bits per heavy atom. The number of nitrogens with one attached hydrogen (secondary N) is 1. The van der Waals surface area contributed by atoms with Crippen molar-refractivity contribution in [3.8, 4) is 0 Å². The van der Waals surface area contributed by atoms with Gasteiger partial charge in [-0.15, -0.1) is 0 Å². The van der Waals surface area contributed by atoms with E-state index in [4.69, 9.17) is 4.74 Å². The molecule has 0 aliphatic rings. The lowest BCUT2D eigenvalue weighted by atomic mass is 10.2. The van der Waals surface area contributed by atoms with Crippen LogP contribution >= 0.6 is 15.9 Å². The van der Waals surface area contributed by atoms with Crippen LogP contribution in [-0.4, -0.2) is 18.0 Å². The van der Waals surface area contributed by atoms with Crippen molar-refractivity contribution >= 4 is 39.6 Å². The Morgan fingerprint density at radius 1 is 1.09 bits per heavy atom. The molecule has 0 saturated carbocycles. The van der Waals surface area contributed by atoms with Gasteiger partial charge in [0.2, 0.25) is 0 Å². The molecule has 5 heteroatoms. The van der Waals surface area contributed by atoms with Crippen molar-refractivity contribution in [1.29, 1.82) is 0 Å². The van der Waals surface area contributed by atoms with E-state index in [0.29, 0.717) is 5.69 Å². The highest BCUT2D eigenvalue weighted by atomic mass is 79.9. The van der Waals surface area contributed by atoms with E-state index in [1.165, 1.54) is 13.0 Å². The van der Waals surface area contributed by atoms with Crippen molar-refractivity contribution in [3.63, 3.8) is 0 Å². The summed E-state index contributed by atoms with van der Waals surface area (Å²) in [6, 6.07) is 16.5. The molecule has 0 saturated heterocycles. The van der Waals surface area contributed by atoms with Gasteiger partial charge in [0.1, 0.15) is 0 Å². The van der Waals surface area contributed by atoms with E-state index in [9.17, 15) is 9.59 Å². The van der Waals surface area contributed by atoms with Crippen molar-refractivity contribution in [2.45, 2.75) is 13.0 Å². The van der Waals surface area contributed by atoms with Crippen LogP contribution in [0.5, 0.6) is 0 Å². The minimum Gasteiger partial charge on any atom is -0.449 e. The minimum atomic E-state index is -0.883. The molecule has 1 amide bonds. The molecule has 0 spiro atoms. The van der Waals surface area contributed by atoms with Gasteiger partial charge < -0.3 is 10.1 Å². The molecule has 2 aromatic carbocycles. The molecule has 0 unspecified atom stereocenters. The molecule has 1 N–H and O–H groups in total. The quantitative estimate of drug-likeness (QED) is 0.635.